The van der Waals surface area contributed by atoms with Crippen LogP contribution in [0.5, 0.6) is 0 Å². The lowest BCUT2D eigenvalue weighted by atomic mass is 9.78. The van der Waals surface area contributed by atoms with E-state index in [2.05, 4.69) is 14.9 Å². The number of likely N-dealkylation sites (N-methyl/N-ethyl adjacent to an activating group) is 1. The first-order chi connectivity index (χ1) is 13.5. The molecule has 1 amide bonds. The number of piperidine rings is 1. The molecule has 1 fully saturated rings. The summed E-state index contributed by atoms with van der Waals surface area (Å²) in [5.74, 6) is 1.16. The Morgan fingerprint density at radius 3 is 2.89 bits per heavy atom. The minimum Gasteiger partial charge on any atom is -0.354 e. The van der Waals surface area contributed by atoms with E-state index in [1.807, 2.05) is 17.5 Å². The fourth-order valence-corrected chi connectivity index (χ4v) is 5.55. The first-order valence-corrected chi connectivity index (χ1v) is 10.3. The maximum absolute atomic E-state index is 13.1. The third-order valence-electron chi connectivity index (χ3n) is 5.86. The Morgan fingerprint density at radius 2 is 2.07 bits per heavy atom. The average Bonchev–Trinajstić information content (AvgIpc) is 3.17. The van der Waals surface area contributed by atoms with Crippen molar-refractivity contribution in [3.63, 3.8) is 0 Å². The summed E-state index contributed by atoms with van der Waals surface area (Å²) < 4.78 is 2.81. The summed E-state index contributed by atoms with van der Waals surface area (Å²) in [6, 6.07) is 6.87. The Kier molecular flexibility index (Phi) is 3.97. The van der Waals surface area contributed by atoms with Gasteiger partial charge in [0, 0.05) is 50.8 Å². The van der Waals surface area contributed by atoms with E-state index in [9.17, 15) is 9.59 Å². The lowest BCUT2D eigenvalue weighted by molar-refractivity contribution is -0.134. The molecular formula is C20H21N5O2S. The summed E-state index contributed by atoms with van der Waals surface area (Å²) in [6.45, 7) is 1.48. The van der Waals surface area contributed by atoms with Crippen LogP contribution in [0.3, 0.4) is 0 Å². The van der Waals surface area contributed by atoms with Crippen molar-refractivity contribution in [1.82, 2.24) is 19.4 Å². The highest BCUT2D eigenvalue weighted by Gasteiger charge is 2.44. The van der Waals surface area contributed by atoms with E-state index in [0.717, 1.165) is 34.7 Å². The highest BCUT2D eigenvalue weighted by Crippen LogP contribution is 2.43. The molecule has 2 bridgehead atoms. The van der Waals surface area contributed by atoms with E-state index < -0.39 is 6.04 Å². The van der Waals surface area contributed by atoms with Gasteiger partial charge in [-0.15, -0.1) is 11.3 Å². The van der Waals surface area contributed by atoms with Crippen LogP contribution in [0, 0.1) is 5.92 Å². The normalized spacial score (nSPS) is 23.5. The van der Waals surface area contributed by atoms with Gasteiger partial charge in [0.2, 0.25) is 5.91 Å². The highest BCUT2D eigenvalue weighted by atomic mass is 32.1. The lowest BCUT2D eigenvalue weighted by Crippen LogP contribution is -2.53. The second kappa shape index (κ2) is 6.41. The van der Waals surface area contributed by atoms with Crippen LogP contribution in [0.15, 0.2) is 40.8 Å². The van der Waals surface area contributed by atoms with Crippen molar-refractivity contribution < 1.29 is 4.79 Å². The quantitative estimate of drug-likeness (QED) is 0.665. The van der Waals surface area contributed by atoms with E-state index in [1.54, 1.807) is 53.4 Å². The topological polar surface area (TPSA) is 71.3 Å². The fraction of sp³-hybridized carbons (Fsp3) is 0.400. The number of amides is 1. The first kappa shape index (κ1) is 17.4. The molecule has 3 aromatic rings. The molecule has 28 heavy (non-hydrogen) atoms. The summed E-state index contributed by atoms with van der Waals surface area (Å²) in [5.41, 5.74) is 1.80. The van der Waals surface area contributed by atoms with Gasteiger partial charge in [0.1, 0.15) is 18.2 Å². The zero-order valence-corrected chi connectivity index (χ0v) is 16.6. The summed E-state index contributed by atoms with van der Waals surface area (Å²) in [6.07, 6.45) is 2.51. The Labute approximate surface area is 166 Å². The molecule has 0 N–H and O–H groups in total. The highest BCUT2D eigenvalue weighted by molar-refractivity contribution is 7.17. The number of fused-ring (bicyclic) bond motifs is 5. The molecule has 2 aliphatic rings. The van der Waals surface area contributed by atoms with Crippen molar-refractivity contribution in [3.8, 4) is 0 Å². The third-order valence-corrected chi connectivity index (χ3v) is 6.76. The van der Waals surface area contributed by atoms with Crippen LogP contribution in [0.25, 0.3) is 10.2 Å². The third kappa shape index (κ3) is 2.55. The number of aromatic nitrogens is 3. The minimum absolute atomic E-state index is 0.0243. The predicted octanol–water partition coefficient (Wildman–Crippen LogP) is 2.11. The minimum atomic E-state index is -0.474. The summed E-state index contributed by atoms with van der Waals surface area (Å²) in [5, 5.41) is 2.03. The van der Waals surface area contributed by atoms with E-state index in [-0.39, 0.29) is 23.3 Å². The van der Waals surface area contributed by atoms with Crippen LogP contribution in [-0.2, 0) is 4.79 Å². The van der Waals surface area contributed by atoms with Crippen LogP contribution < -0.4 is 10.5 Å². The number of hydrogen-bond acceptors (Lipinski definition) is 6. The zero-order chi connectivity index (χ0) is 19.4. The molecule has 7 nitrogen and oxygen atoms in total. The maximum Gasteiger partial charge on any atom is 0.251 e. The van der Waals surface area contributed by atoms with Crippen molar-refractivity contribution in [2.45, 2.75) is 18.4 Å². The Hall–Kier alpha value is -2.74. The van der Waals surface area contributed by atoms with Crippen LogP contribution in [-0.4, -0.2) is 52.5 Å². The van der Waals surface area contributed by atoms with Gasteiger partial charge in [0.15, 0.2) is 0 Å². The number of anilines is 1. The van der Waals surface area contributed by atoms with E-state index in [0.29, 0.717) is 6.54 Å². The van der Waals surface area contributed by atoms with Crippen molar-refractivity contribution in [3.05, 3.63) is 52.0 Å². The van der Waals surface area contributed by atoms with Gasteiger partial charge in [-0.1, -0.05) is 6.07 Å². The fourth-order valence-electron chi connectivity index (χ4n) is 4.69. The summed E-state index contributed by atoms with van der Waals surface area (Å²) in [4.78, 5) is 38.5. The molecule has 0 unspecified atom stereocenters. The molecule has 5 rings (SSSR count). The van der Waals surface area contributed by atoms with Gasteiger partial charge in [-0.3, -0.25) is 14.2 Å². The van der Waals surface area contributed by atoms with Gasteiger partial charge in [-0.05, 0) is 23.9 Å². The first-order valence-electron chi connectivity index (χ1n) is 9.40. The molecule has 3 aromatic heterocycles. The largest absolute Gasteiger partial charge is 0.354 e. The number of hydrogen-bond donors (Lipinski definition) is 0. The molecule has 0 aromatic carbocycles. The van der Waals surface area contributed by atoms with E-state index >= 15 is 0 Å². The van der Waals surface area contributed by atoms with Gasteiger partial charge >= 0.3 is 0 Å². The van der Waals surface area contributed by atoms with Gasteiger partial charge < -0.3 is 9.80 Å². The Balaban J connectivity index is 1.62. The van der Waals surface area contributed by atoms with E-state index in [1.165, 1.54) is 0 Å². The van der Waals surface area contributed by atoms with Gasteiger partial charge in [0.25, 0.3) is 5.56 Å². The molecule has 0 saturated carbocycles. The molecule has 0 spiro atoms. The maximum atomic E-state index is 13.1. The molecule has 8 heteroatoms. The van der Waals surface area contributed by atoms with Crippen molar-refractivity contribution in [2.24, 2.45) is 5.92 Å². The van der Waals surface area contributed by atoms with Crippen molar-refractivity contribution in [2.75, 3.05) is 32.1 Å². The van der Waals surface area contributed by atoms with Crippen LogP contribution in [0.2, 0.25) is 0 Å². The Morgan fingerprint density at radius 1 is 1.21 bits per heavy atom. The van der Waals surface area contributed by atoms with Crippen LogP contribution in [0.4, 0.5) is 5.82 Å². The monoisotopic (exact) mass is 395 g/mol. The number of thiophene rings is 1. The lowest BCUT2D eigenvalue weighted by Gasteiger charge is -2.47. The number of rotatable bonds is 2. The molecule has 5 heterocycles. The molecule has 0 radical (unpaired) electrons. The second-order valence-corrected chi connectivity index (χ2v) is 8.68. The molecular weight excluding hydrogens is 374 g/mol. The van der Waals surface area contributed by atoms with Gasteiger partial charge in [0.05, 0.1) is 10.2 Å². The molecule has 1 saturated heterocycles. The van der Waals surface area contributed by atoms with Crippen LogP contribution in [0.1, 0.15) is 24.1 Å². The molecule has 0 aliphatic carbocycles. The summed E-state index contributed by atoms with van der Waals surface area (Å²) >= 11 is 1.64. The van der Waals surface area contributed by atoms with Gasteiger partial charge in [-0.2, -0.15) is 0 Å². The van der Waals surface area contributed by atoms with Gasteiger partial charge in [-0.25, -0.2) is 9.97 Å². The number of nitrogens with zero attached hydrogens (tertiary/aromatic N) is 5. The molecule has 144 valence electrons. The predicted molar refractivity (Wildman–Crippen MR) is 109 cm³/mol. The average molecular weight is 395 g/mol. The number of carbonyl (C=O) groups is 1. The van der Waals surface area contributed by atoms with Crippen molar-refractivity contribution in [1.29, 1.82) is 0 Å². The molecule has 2 aliphatic heterocycles. The second-order valence-electron chi connectivity index (χ2n) is 7.77. The van der Waals surface area contributed by atoms with Crippen molar-refractivity contribution >= 4 is 33.3 Å². The smallest absolute Gasteiger partial charge is 0.251 e. The summed E-state index contributed by atoms with van der Waals surface area (Å²) in [7, 11) is 3.50. The zero-order valence-electron chi connectivity index (χ0n) is 15.8. The number of pyridine rings is 1. The van der Waals surface area contributed by atoms with E-state index in [4.69, 9.17) is 0 Å². The number of carbonyl (C=O) groups excluding carboxylic acids is 1. The molecule has 3 atom stereocenters. The SMILES string of the molecule is CN(C)C(=O)[C@H]1[C@H]2C[C@H](CN(c3ncnc4ccsc34)C2)c2cccc(=O)n21. The van der Waals surface area contributed by atoms with Crippen LogP contribution >= 0.6 is 11.3 Å². The standard InChI is InChI=1S/C20H21N5O2S/c1-23(2)20(27)17-13-8-12(15-4-3-5-16(26)25(15)17)9-24(10-13)19-18-14(6-7-28-18)21-11-22-19/h3-7,11-13,17H,8-10H2,1-2H3/t12-,13+,17-/m1/s1. The Bertz CT molecular complexity index is 1120.